The fraction of sp³-hybridized carbons (Fsp3) is 0.462. The Morgan fingerprint density at radius 2 is 2.00 bits per heavy atom. The predicted octanol–water partition coefficient (Wildman–Crippen LogP) is 2.85. The molecular weight excluding hydrogens is 191 g/mol. The largest absolute Gasteiger partial charge is 0.299 e. The zero-order chi connectivity index (χ0) is 10.5. The van der Waals surface area contributed by atoms with E-state index in [1.165, 1.54) is 0 Å². The number of halogens is 1. The average Bonchev–Trinajstić information content (AvgIpc) is 2.89. The van der Waals surface area contributed by atoms with Gasteiger partial charge in [0.05, 0.1) is 5.92 Å². The number of carbonyl (C=O) groups excluding carboxylic acids is 1. The molecule has 0 bridgehead atoms. The molecule has 2 aliphatic carbocycles. The van der Waals surface area contributed by atoms with Gasteiger partial charge in [-0.15, -0.1) is 0 Å². The molecule has 0 N–H and O–H groups in total. The van der Waals surface area contributed by atoms with Crippen LogP contribution in [0.2, 0.25) is 0 Å². The van der Waals surface area contributed by atoms with Gasteiger partial charge >= 0.3 is 0 Å². The molecule has 2 fully saturated rings. The van der Waals surface area contributed by atoms with Crippen molar-refractivity contribution in [3.05, 3.63) is 35.9 Å². The van der Waals surface area contributed by atoms with Crippen molar-refractivity contribution in [3.63, 3.8) is 0 Å². The summed E-state index contributed by atoms with van der Waals surface area (Å²) in [4.78, 5) is 11.6. The third kappa shape index (κ3) is 1.11. The third-order valence-corrected chi connectivity index (χ3v) is 3.79. The number of hydrogen-bond donors (Lipinski definition) is 0. The number of fused-ring (bicyclic) bond motifs is 1. The molecule has 0 aromatic heterocycles. The number of ketones is 1. The normalized spacial score (nSPS) is 38.6. The molecule has 0 spiro atoms. The van der Waals surface area contributed by atoms with Gasteiger partial charge < -0.3 is 0 Å². The molecule has 0 saturated heterocycles. The second-order valence-electron chi connectivity index (χ2n) is 4.58. The summed E-state index contributed by atoms with van der Waals surface area (Å²) in [5, 5.41) is 0. The predicted molar refractivity (Wildman–Crippen MR) is 55.1 cm³/mol. The van der Waals surface area contributed by atoms with Gasteiger partial charge in [-0.1, -0.05) is 30.3 Å². The van der Waals surface area contributed by atoms with Crippen LogP contribution in [0.1, 0.15) is 24.8 Å². The number of benzene rings is 1. The Kier molecular flexibility index (Phi) is 1.76. The SMILES string of the molecule is O=C1CCC[C@H]2[C@@H]1[C@]2(F)c1ccccc1. The third-order valence-electron chi connectivity index (χ3n) is 3.79. The Morgan fingerprint density at radius 3 is 2.67 bits per heavy atom. The molecule has 0 unspecified atom stereocenters. The molecular formula is C13H13FO. The molecule has 2 saturated carbocycles. The smallest absolute Gasteiger partial charge is 0.149 e. The maximum absolute atomic E-state index is 14.6. The number of Topliss-reactive ketones (excluding diaryl/α,β-unsaturated/α-hetero) is 1. The van der Waals surface area contributed by atoms with E-state index in [-0.39, 0.29) is 17.6 Å². The zero-order valence-electron chi connectivity index (χ0n) is 8.45. The molecule has 1 aromatic carbocycles. The molecule has 0 amide bonds. The quantitative estimate of drug-likeness (QED) is 0.687. The topological polar surface area (TPSA) is 17.1 Å². The lowest BCUT2D eigenvalue weighted by molar-refractivity contribution is -0.122. The number of carbonyl (C=O) groups is 1. The standard InChI is InChI=1S/C13H13FO/c14-13(9-5-2-1-3-6-9)10-7-4-8-11(15)12(10)13/h1-3,5-6,10,12H,4,7-8H2/t10-,12-,13-/m0/s1. The fourth-order valence-corrected chi connectivity index (χ4v) is 3.00. The van der Waals surface area contributed by atoms with Crippen molar-refractivity contribution in [2.75, 3.05) is 0 Å². The summed E-state index contributed by atoms with van der Waals surface area (Å²) in [5.74, 6) is -0.257. The van der Waals surface area contributed by atoms with E-state index in [0.717, 1.165) is 12.8 Å². The highest BCUT2D eigenvalue weighted by molar-refractivity contribution is 5.87. The zero-order valence-corrected chi connectivity index (χ0v) is 8.45. The van der Waals surface area contributed by atoms with Crippen LogP contribution in [0.25, 0.3) is 0 Å². The maximum atomic E-state index is 14.6. The molecule has 1 nitrogen and oxygen atoms in total. The minimum atomic E-state index is -1.34. The first-order chi connectivity index (χ1) is 7.24. The van der Waals surface area contributed by atoms with E-state index in [1.807, 2.05) is 18.2 Å². The van der Waals surface area contributed by atoms with Crippen molar-refractivity contribution in [2.24, 2.45) is 11.8 Å². The van der Waals surface area contributed by atoms with Gasteiger partial charge in [0.1, 0.15) is 11.5 Å². The summed E-state index contributed by atoms with van der Waals surface area (Å²) in [6, 6.07) is 9.15. The fourth-order valence-electron chi connectivity index (χ4n) is 3.00. The van der Waals surface area contributed by atoms with Gasteiger partial charge in [-0.25, -0.2) is 4.39 Å². The summed E-state index contributed by atoms with van der Waals surface area (Å²) < 4.78 is 14.6. The van der Waals surface area contributed by atoms with Crippen LogP contribution in [0.5, 0.6) is 0 Å². The van der Waals surface area contributed by atoms with Crippen molar-refractivity contribution in [1.82, 2.24) is 0 Å². The summed E-state index contributed by atoms with van der Waals surface area (Å²) in [6.07, 6.45) is 2.29. The molecule has 78 valence electrons. The maximum Gasteiger partial charge on any atom is 0.149 e. The molecule has 2 heteroatoms. The van der Waals surface area contributed by atoms with Crippen LogP contribution in [0, 0.1) is 11.8 Å². The Morgan fingerprint density at radius 1 is 1.27 bits per heavy atom. The summed E-state index contributed by atoms with van der Waals surface area (Å²) >= 11 is 0. The first-order valence-corrected chi connectivity index (χ1v) is 5.51. The van der Waals surface area contributed by atoms with Gasteiger partial charge in [0.25, 0.3) is 0 Å². The Labute approximate surface area is 88.3 Å². The van der Waals surface area contributed by atoms with Crippen molar-refractivity contribution >= 4 is 5.78 Å². The van der Waals surface area contributed by atoms with Crippen LogP contribution < -0.4 is 0 Å². The Balaban J connectivity index is 1.97. The van der Waals surface area contributed by atoms with E-state index < -0.39 is 5.67 Å². The van der Waals surface area contributed by atoms with Crippen molar-refractivity contribution in [1.29, 1.82) is 0 Å². The highest BCUT2D eigenvalue weighted by Crippen LogP contribution is 2.65. The van der Waals surface area contributed by atoms with E-state index >= 15 is 0 Å². The van der Waals surface area contributed by atoms with Crippen LogP contribution in [-0.4, -0.2) is 5.78 Å². The van der Waals surface area contributed by atoms with E-state index in [0.29, 0.717) is 12.0 Å². The number of hydrogen-bond acceptors (Lipinski definition) is 1. The minimum Gasteiger partial charge on any atom is -0.299 e. The van der Waals surface area contributed by atoms with Gasteiger partial charge in [0.2, 0.25) is 0 Å². The van der Waals surface area contributed by atoms with Gasteiger partial charge in [-0.05, 0) is 18.4 Å². The van der Waals surface area contributed by atoms with Crippen molar-refractivity contribution in [3.8, 4) is 0 Å². The summed E-state index contributed by atoms with van der Waals surface area (Å²) in [5.41, 5.74) is -0.648. The van der Waals surface area contributed by atoms with E-state index in [9.17, 15) is 9.18 Å². The molecule has 0 heterocycles. The molecule has 1 aromatic rings. The van der Waals surface area contributed by atoms with Gasteiger partial charge in [0, 0.05) is 12.3 Å². The van der Waals surface area contributed by atoms with Gasteiger partial charge in [-0.2, -0.15) is 0 Å². The second-order valence-corrected chi connectivity index (χ2v) is 4.58. The first kappa shape index (κ1) is 9.08. The Hall–Kier alpha value is -1.18. The van der Waals surface area contributed by atoms with E-state index in [4.69, 9.17) is 0 Å². The van der Waals surface area contributed by atoms with E-state index in [2.05, 4.69) is 0 Å². The first-order valence-electron chi connectivity index (χ1n) is 5.51. The summed E-state index contributed by atoms with van der Waals surface area (Å²) in [6.45, 7) is 0. The lowest BCUT2D eigenvalue weighted by atomic mass is 10.00. The van der Waals surface area contributed by atoms with Crippen molar-refractivity contribution < 1.29 is 9.18 Å². The molecule has 3 atom stereocenters. The Bertz CT molecular complexity index is 400. The lowest BCUT2D eigenvalue weighted by Gasteiger charge is -2.06. The van der Waals surface area contributed by atoms with Crippen LogP contribution in [0.15, 0.2) is 30.3 Å². The average molecular weight is 204 g/mol. The lowest BCUT2D eigenvalue weighted by Crippen LogP contribution is -2.10. The van der Waals surface area contributed by atoms with Gasteiger partial charge in [0.15, 0.2) is 0 Å². The van der Waals surface area contributed by atoms with Crippen LogP contribution in [0.4, 0.5) is 4.39 Å². The second kappa shape index (κ2) is 2.91. The number of alkyl halides is 1. The highest BCUT2D eigenvalue weighted by Gasteiger charge is 2.70. The summed E-state index contributed by atoms with van der Waals surface area (Å²) in [7, 11) is 0. The highest BCUT2D eigenvalue weighted by atomic mass is 19.1. The minimum absolute atomic E-state index is 0.0406. The monoisotopic (exact) mass is 204 g/mol. The molecule has 15 heavy (non-hydrogen) atoms. The van der Waals surface area contributed by atoms with Gasteiger partial charge in [-0.3, -0.25) is 4.79 Å². The molecule has 3 rings (SSSR count). The molecule has 0 radical (unpaired) electrons. The van der Waals surface area contributed by atoms with Crippen LogP contribution >= 0.6 is 0 Å². The van der Waals surface area contributed by atoms with Crippen LogP contribution in [0.3, 0.4) is 0 Å². The van der Waals surface area contributed by atoms with Crippen molar-refractivity contribution in [2.45, 2.75) is 24.9 Å². The number of rotatable bonds is 1. The van der Waals surface area contributed by atoms with Crippen LogP contribution in [-0.2, 0) is 10.5 Å². The molecule has 2 aliphatic rings. The van der Waals surface area contributed by atoms with E-state index in [1.54, 1.807) is 12.1 Å². The molecule has 0 aliphatic heterocycles.